The Hall–Kier alpha value is -1.71. The van der Waals surface area contributed by atoms with Crippen molar-refractivity contribution in [1.29, 1.82) is 0 Å². The fraction of sp³-hybridized carbons (Fsp3) is 0.500. The SMILES string of the molecule is CCN(CC)c1ccc(C(=O)NC2CC2)cc1N. The number of amides is 1. The molecule has 0 aliphatic heterocycles. The van der Waals surface area contributed by atoms with Crippen LogP contribution in [0.3, 0.4) is 0 Å². The molecule has 4 nitrogen and oxygen atoms in total. The smallest absolute Gasteiger partial charge is 0.251 e. The number of anilines is 2. The first-order valence-corrected chi connectivity index (χ1v) is 6.61. The van der Waals surface area contributed by atoms with Crippen LogP contribution in [0.15, 0.2) is 18.2 Å². The second-order valence-electron chi connectivity index (χ2n) is 4.69. The molecule has 1 amide bonds. The first-order chi connectivity index (χ1) is 8.65. The van der Waals surface area contributed by atoms with Gasteiger partial charge >= 0.3 is 0 Å². The molecule has 1 aromatic carbocycles. The molecule has 1 aliphatic carbocycles. The Morgan fingerprint density at radius 2 is 2.06 bits per heavy atom. The second-order valence-corrected chi connectivity index (χ2v) is 4.69. The first-order valence-electron chi connectivity index (χ1n) is 6.61. The number of rotatable bonds is 5. The van der Waals surface area contributed by atoms with Crippen molar-refractivity contribution in [3.63, 3.8) is 0 Å². The monoisotopic (exact) mass is 247 g/mol. The van der Waals surface area contributed by atoms with Crippen LogP contribution < -0.4 is 16.0 Å². The van der Waals surface area contributed by atoms with Crippen LogP contribution in [0.4, 0.5) is 11.4 Å². The molecule has 98 valence electrons. The molecular weight excluding hydrogens is 226 g/mol. The van der Waals surface area contributed by atoms with Gasteiger partial charge in [-0.25, -0.2) is 0 Å². The number of carbonyl (C=O) groups is 1. The summed E-state index contributed by atoms with van der Waals surface area (Å²) in [6, 6.07) is 5.93. The molecule has 0 saturated heterocycles. The maximum absolute atomic E-state index is 11.9. The molecule has 0 aromatic heterocycles. The number of nitrogens with zero attached hydrogens (tertiary/aromatic N) is 1. The first kappa shape index (κ1) is 12.7. The van der Waals surface area contributed by atoms with Gasteiger partial charge < -0.3 is 16.0 Å². The Labute approximate surface area is 108 Å². The van der Waals surface area contributed by atoms with E-state index < -0.39 is 0 Å². The van der Waals surface area contributed by atoms with E-state index in [9.17, 15) is 4.79 Å². The summed E-state index contributed by atoms with van der Waals surface area (Å²) < 4.78 is 0. The van der Waals surface area contributed by atoms with E-state index >= 15 is 0 Å². The standard InChI is InChI=1S/C14H21N3O/c1-3-17(4-2)13-8-5-10(9-12(13)15)14(18)16-11-6-7-11/h5,8-9,11H,3-4,6-7,15H2,1-2H3,(H,16,18). The summed E-state index contributed by atoms with van der Waals surface area (Å²) in [5, 5.41) is 2.97. The lowest BCUT2D eigenvalue weighted by Gasteiger charge is -2.23. The third kappa shape index (κ3) is 2.75. The Kier molecular flexibility index (Phi) is 3.75. The number of hydrogen-bond acceptors (Lipinski definition) is 3. The highest BCUT2D eigenvalue weighted by molar-refractivity contribution is 5.96. The van der Waals surface area contributed by atoms with Crippen molar-refractivity contribution < 1.29 is 4.79 Å². The van der Waals surface area contributed by atoms with Crippen molar-refractivity contribution in [2.75, 3.05) is 23.7 Å². The van der Waals surface area contributed by atoms with Crippen LogP contribution in [-0.2, 0) is 0 Å². The van der Waals surface area contributed by atoms with Crippen LogP contribution >= 0.6 is 0 Å². The summed E-state index contributed by atoms with van der Waals surface area (Å²) in [5.41, 5.74) is 8.36. The van der Waals surface area contributed by atoms with Crippen molar-refractivity contribution in [3.05, 3.63) is 23.8 Å². The summed E-state index contributed by atoms with van der Waals surface area (Å²) in [7, 11) is 0. The molecule has 4 heteroatoms. The maximum atomic E-state index is 11.9. The minimum atomic E-state index is -0.0182. The van der Waals surface area contributed by atoms with E-state index in [-0.39, 0.29) is 5.91 Å². The Morgan fingerprint density at radius 1 is 1.39 bits per heavy atom. The van der Waals surface area contributed by atoms with Crippen molar-refractivity contribution in [2.24, 2.45) is 0 Å². The third-order valence-electron chi connectivity index (χ3n) is 3.31. The van der Waals surface area contributed by atoms with E-state index in [1.165, 1.54) is 0 Å². The molecule has 0 unspecified atom stereocenters. The molecule has 1 aliphatic rings. The van der Waals surface area contributed by atoms with Gasteiger partial charge in [0.05, 0.1) is 11.4 Å². The molecule has 0 atom stereocenters. The van der Waals surface area contributed by atoms with Crippen molar-refractivity contribution in [2.45, 2.75) is 32.7 Å². The van der Waals surface area contributed by atoms with Crippen LogP contribution in [0, 0.1) is 0 Å². The third-order valence-corrected chi connectivity index (χ3v) is 3.31. The number of nitrogens with one attached hydrogen (secondary N) is 1. The predicted molar refractivity (Wildman–Crippen MR) is 74.9 cm³/mol. The molecule has 2 rings (SSSR count). The Morgan fingerprint density at radius 3 is 2.56 bits per heavy atom. The van der Waals surface area contributed by atoms with Gasteiger partial charge in [-0.1, -0.05) is 0 Å². The Bertz CT molecular complexity index is 437. The lowest BCUT2D eigenvalue weighted by Crippen LogP contribution is -2.26. The van der Waals surface area contributed by atoms with Gasteiger partial charge in [-0.3, -0.25) is 4.79 Å². The molecular formula is C14H21N3O. The zero-order valence-electron chi connectivity index (χ0n) is 11.1. The number of benzene rings is 1. The molecule has 0 spiro atoms. The van der Waals surface area contributed by atoms with Gasteiger partial charge in [0.1, 0.15) is 0 Å². The van der Waals surface area contributed by atoms with Gasteiger partial charge in [0.15, 0.2) is 0 Å². The van der Waals surface area contributed by atoms with Crippen LogP contribution in [0.2, 0.25) is 0 Å². The maximum Gasteiger partial charge on any atom is 0.251 e. The summed E-state index contributed by atoms with van der Waals surface area (Å²) in [5.74, 6) is -0.0182. The van der Waals surface area contributed by atoms with Gasteiger partial charge in [-0.15, -0.1) is 0 Å². The van der Waals surface area contributed by atoms with Crippen molar-refractivity contribution in [3.8, 4) is 0 Å². The van der Waals surface area contributed by atoms with E-state index in [0.717, 1.165) is 31.6 Å². The minimum Gasteiger partial charge on any atom is -0.397 e. The fourth-order valence-corrected chi connectivity index (χ4v) is 2.04. The average Bonchev–Trinajstić information content (AvgIpc) is 3.16. The highest BCUT2D eigenvalue weighted by atomic mass is 16.1. The van der Waals surface area contributed by atoms with Crippen LogP contribution in [0.5, 0.6) is 0 Å². The summed E-state index contributed by atoms with van der Waals surface area (Å²) in [4.78, 5) is 14.1. The number of hydrogen-bond donors (Lipinski definition) is 2. The quantitative estimate of drug-likeness (QED) is 0.782. The van der Waals surface area contributed by atoms with E-state index in [0.29, 0.717) is 17.3 Å². The summed E-state index contributed by atoms with van der Waals surface area (Å²) in [6.45, 7) is 6.01. The van der Waals surface area contributed by atoms with Crippen molar-refractivity contribution in [1.82, 2.24) is 5.32 Å². The van der Waals surface area contributed by atoms with Gasteiger partial charge in [0.2, 0.25) is 0 Å². The van der Waals surface area contributed by atoms with Crippen LogP contribution in [-0.4, -0.2) is 25.0 Å². The minimum absolute atomic E-state index is 0.0182. The summed E-state index contributed by atoms with van der Waals surface area (Å²) in [6.07, 6.45) is 2.19. The zero-order valence-corrected chi connectivity index (χ0v) is 11.1. The van der Waals surface area contributed by atoms with Gasteiger partial charge in [0, 0.05) is 24.7 Å². The lowest BCUT2D eigenvalue weighted by atomic mass is 10.1. The molecule has 1 saturated carbocycles. The molecule has 3 N–H and O–H groups in total. The predicted octanol–water partition coefficient (Wildman–Crippen LogP) is 2.01. The molecule has 1 fully saturated rings. The van der Waals surface area contributed by atoms with E-state index in [2.05, 4.69) is 24.1 Å². The molecule has 0 radical (unpaired) electrons. The topological polar surface area (TPSA) is 58.4 Å². The van der Waals surface area contributed by atoms with Crippen molar-refractivity contribution >= 4 is 17.3 Å². The molecule has 0 bridgehead atoms. The largest absolute Gasteiger partial charge is 0.397 e. The molecule has 18 heavy (non-hydrogen) atoms. The zero-order chi connectivity index (χ0) is 13.1. The average molecular weight is 247 g/mol. The normalized spacial score (nSPS) is 14.3. The second kappa shape index (κ2) is 5.29. The molecule has 1 aromatic rings. The molecule has 0 heterocycles. The van der Waals surface area contributed by atoms with E-state index in [1.54, 1.807) is 6.07 Å². The highest BCUT2D eigenvalue weighted by Crippen LogP contribution is 2.25. The number of nitrogen functional groups attached to an aromatic ring is 1. The van der Waals surface area contributed by atoms with Gasteiger partial charge in [-0.2, -0.15) is 0 Å². The lowest BCUT2D eigenvalue weighted by molar-refractivity contribution is 0.0951. The number of carbonyl (C=O) groups excluding carboxylic acids is 1. The van der Waals surface area contributed by atoms with E-state index in [1.807, 2.05) is 12.1 Å². The van der Waals surface area contributed by atoms with E-state index in [4.69, 9.17) is 5.73 Å². The van der Waals surface area contributed by atoms with Crippen LogP contribution in [0.1, 0.15) is 37.0 Å². The fourth-order valence-electron chi connectivity index (χ4n) is 2.04. The summed E-state index contributed by atoms with van der Waals surface area (Å²) >= 11 is 0. The highest BCUT2D eigenvalue weighted by Gasteiger charge is 2.24. The Balaban J connectivity index is 2.15. The number of nitrogens with two attached hydrogens (primary N) is 1. The van der Waals surface area contributed by atoms with Gasteiger partial charge in [-0.05, 0) is 44.9 Å². The van der Waals surface area contributed by atoms with Crippen LogP contribution in [0.25, 0.3) is 0 Å². The van der Waals surface area contributed by atoms with Gasteiger partial charge in [0.25, 0.3) is 5.91 Å².